The first-order chi connectivity index (χ1) is 17.2. The molecular weight excluding hydrogens is 470 g/mol. The van der Waals surface area contributed by atoms with Crippen molar-refractivity contribution in [1.82, 2.24) is 29.8 Å². The van der Waals surface area contributed by atoms with E-state index in [4.69, 9.17) is 5.73 Å². The molecule has 0 saturated heterocycles. The number of anilines is 2. The number of carbonyl (C=O) groups excluding carboxylic acids is 1. The van der Waals surface area contributed by atoms with E-state index in [9.17, 15) is 9.59 Å². The van der Waals surface area contributed by atoms with Crippen molar-refractivity contribution in [2.45, 2.75) is 27.3 Å². The maximum Gasteiger partial charge on any atom is 0.261 e. The number of nitrogens with two attached hydrogens (primary N) is 1. The molecule has 0 radical (unpaired) electrons. The molecule has 4 rings (SSSR count). The van der Waals surface area contributed by atoms with E-state index in [2.05, 4.69) is 35.2 Å². The van der Waals surface area contributed by atoms with Gasteiger partial charge in [0.25, 0.3) is 11.5 Å². The summed E-state index contributed by atoms with van der Waals surface area (Å²) in [7, 11) is 4.97. The smallest absolute Gasteiger partial charge is 0.261 e. The van der Waals surface area contributed by atoms with Crippen molar-refractivity contribution < 1.29 is 4.79 Å². The predicted octanol–water partition coefficient (Wildman–Crippen LogP) is 3.49. The fourth-order valence-corrected chi connectivity index (χ4v) is 3.92. The van der Waals surface area contributed by atoms with Gasteiger partial charge in [0, 0.05) is 45.3 Å². The maximum atomic E-state index is 13.4. The molecule has 194 valence electrons. The number of aromatic nitrogens is 5. The predicted molar refractivity (Wildman–Crippen MR) is 148 cm³/mol. The fourth-order valence-electron chi connectivity index (χ4n) is 3.92. The number of hydrogen-bond acceptors (Lipinski definition) is 8. The van der Waals surface area contributed by atoms with Gasteiger partial charge >= 0.3 is 0 Å². The number of aliphatic imine (C=N–C) groups is 1. The van der Waals surface area contributed by atoms with Crippen LogP contribution in [0, 0.1) is 5.92 Å². The van der Waals surface area contributed by atoms with Crippen molar-refractivity contribution in [2.24, 2.45) is 10.9 Å². The van der Waals surface area contributed by atoms with Crippen molar-refractivity contribution in [1.29, 1.82) is 0 Å². The minimum Gasteiger partial charge on any atom is -0.395 e. The van der Waals surface area contributed by atoms with Crippen LogP contribution in [0.2, 0.25) is 0 Å². The monoisotopic (exact) mass is 503 g/mol. The Morgan fingerprint density at radius 3 is 2.51 bits per heavy atom. The fraction of sp³-hybridized carbons (Fsp3) is 0.308. The van der Waals surface area contributed by atoms with Crippen LogP contribution in [-0.2, 0) is 0 Å². The third-order valence-corrected chi connectivity index (χ3v) is 5.75. The highest BCUT2D eigenvalue weighted by Crippen LogP contribution is 2.35. The van der Waals surface area contributed by atoms with E-state index < -0.39 is 5.56 Å². The van der Waals surface area contributed by atoms with Crippen LogP contribution in [0.1, 0.15) is 49.2 Å². The van der Waals surface area contributed by atoms with E-state index in [0.29, 0.717) is 45.3 Å². The number of nitrogen functional groups attached to an aromatic ring is 1. The van der Waals surface area contributed by atoms with Crippen molar-refractivity contribution >= 4 is 34.5 Å². The number of nitrogens with one attached hydrogen (secondary N) is 3. The second-order valence-corrected chi connectivity index (χ2v) is 8.91. The average molecular weight is 504 g/mol. The number of benzene rings is 1. The zero-order valence-corrected chi connectivity index (χ0v) is 20.8. The summed E-state index contributed by atoms with van der Waals surface area (Å²) in [6.45, 7) is 4.05. The first-order valence-corrected chi connectivity index (χ1v) is 11.4. The molecule has 0 spiro atoms. The molecule has 0 aliphatic rings. The molecule has 0 unspecified atom stereocenters. The van der Waals surface area contributed by atoms with Crippen molar-refractivity contribution in [3.05, 3.63) is 64.1 Å². The average Bonchev–Trinajstić information content (AvgIpc) is 3.27. The number of amides is 1. The molecule has 0 fully saturated rings. The summed E-state index contributed by atoms with van der Waals surface area (Å²) in [6.07, 6.45) is 4.83. The standard InChI is InChI=1S/C25H29N9O2.CH4/c1-13(2)20(23-28-9-6-10-29-23)33-21-18(24(35)32-17(12-27-3)19(21)26)22-30-15-8-7-14(11-16(15)31-22)25(36)34(4)5;/h6-13,20H,26H2,1-5H3,(H,30,31)(H2,32,33,35);1H4/t20-;/m0./s1. The van der Waals surface area contributed by atoms with Gasteiger partial charge < -0.3 is 25.9 Å². The van der Waals surface area contributed by atoms with E-state index >= 15 is 0 Å². The molecule has 5 N–H and O–H groups in total. The van der Waals surface area contributed by atoms with Crippen LogP contribution in [-0.4, -0.2) is 63.1 Å². The number of nitrogens with zero attached hydrogens (tertiary/aromatic N) is 5. The van der Waals surface area contributed by atoms with Crippen LogP contribution >= 0.6 is 0 Å². The largest absolute Gasteiger partial charge is 0.395 e. The van der Waals surface area contributed by atoms with Crippen LogP contribution in [0.5, 0.6) is 0 Å². The maximum absolute atomic E-state index is 13.4. The third-order valence-electron chi connectivity index (χ3n) is 5.75. The van der Waals surface area contributed by atoms with Gasteiger partial charge in [-0.15, -0.1) is 0 Å². The molecule has 0 bridgehead atoms. The van der Waals surface area contributed by atoms with Gasteiger partial charge in [-0.2, -0.15) is 0 Å². The Bertz CT molecular complexity index is 1490. The SMILES string of the molecule is C.CN=Cc1[nH]c(=O)c(-c2nc3ccc(C(=O)N(C)C)cc3[nH]2)c(N[C@H](c2ncccn2)C(C)C)c1N. The lowest BCUT2D eigenvalue weighted by molar-refractivity contribution is 0.0827. The number of pyridine rings is 1. The van der Waals surface area contributed by atoms with Crippen LogP contribution in [0.4, 0.5) is 11.4 Å². The van der Waals surface area contributed by atoms with Gasteiger partial charge in [-0.1, -0.05) is 21.3 Å². The molecule has 37 heavy (non-hydrogen) atoms. The van der Waals surface area contributed by atoms with Crippen LogP contribution in [0.15, 0.2) is 46.4 Å². The number of fused-ring (bicyclic) bond motifs is 1. The summed E-state index contributed by atoms with van der Waals surface area (Å²) in [5, 5.41) is 3.41. The van der Waals surface area contributed by atoms with Crippen molar-refractivity contribution in [3.63, 3.8) is 0 Å². The van der Waals surface area contributed by atoms with Gasteiger partial charge in [0.1, 0.15) is 11.4 Å². The topological polar surface area (TPSA) is 158 Å². The number of hydrogen-bond donors (Lipinski definition) is 4. The van der Waals surface area contributed by atoms with Gasteiger partial charge in [0.15, 0.2) is 5.82 Å². The Hall–Kier alpha value is -4.54. The van der Waals surface area contributed by atoms with Crippen LogP contribution in [0.3, 0.4) is 0 Å². The highest BCUT2D eigenvalue weighted by Gasteiger charge is 2.25. The summed E-state index contributed by atoms with van der Waals surface area (Å²) in [4.78, 5) is 50.7. The minimum absolute atomic E-state index is 0. The molecule has 3 aromatic heterocycles. The number of rotatable bonds is 7. The summed E-state index contributed by atoms with van der Waals surface area (Å²) < 4.78 is 0. The lowest BCUT2D eigenvalue weighted by Gasteiger charge is -2.24. The van der Waals surface area contributed by atoms with E-state index in [1.54, 1.807) is 57.8 Å². The van der Waals surface area contributed by atoms with Gasteiger partial charge in [-0.25, -0.2) is 15.0 Å². The quantitative estimate of drug-likeness (QED) is 0.281. The lowest BCUT2D eigenvalue weighted by Crippen LogP contribution is -2.24. The highest BCUT2D eigenvalue weighted by molar-refractivity contribution is 5.98. The molecular formula is C26H33N9O2. The number of H-pyrrole nitrogens is 2. The number of imidazole rings is 1. The molecule has 1 amide bonds. The molecule has 3 heterocycles. The molecule has 0 aliphatic carbocycles. The summed E-state index contributed by atoms with van der Waals surface area (Å²) >= 11 is 0. The third kappa shape index (κ3) is 5.35. The van der Waals surface area contributed by atoms with Gasteiger partial charge in [0.05, 0.1) is 34.1 Å². The Morgan fingerprint density at radius 2 is 1.89 bits per heavy atom. The molecule has 4 aromatic rings. The Morgan fingerprint density at radius 1 is 1.19 bits per heavy atom. The molecule has 1 aromatic carbocycles. The second kappa shape index (κ2) is 11.0. The number of aromatic amines is 2. The first-order valence-electron chi connectivity index (χ1n) is 11.4. The van der Waals surface area contributed by atoms with E-state index in [1.807, 2.05) is 13.8 Å². The summed E-state index contributed by atoms with van der Waals surface area (Å²) in [5.74, 6) is 0.813. The van der Waals surface area contributed by atoms with E-state index in [1.165, 1.54) is 11.1 Å². The Labute approximate surface area is 215 Å². The van der Waals surface area contributed by atoms with E-state index in [0.717, 1.165) is 0 Å². The molecule has 11 heteroatoms. The number of carbonyl (C=O) groups is 1. The zero-order valence-electron chi connectivity index (χ0n) is 20.8. The van der Waals surface area contributed by atoms with Crippen LogP contribution < -0.4 is 16.6 Å². The van der Waals surface area contributed by atoms with Crippen LogP contribution in [0.25, 0.3) is 22.4 Å². The zero-order chi connectivity index (χ0) is 26.0. The van der Waals surface area contributed by atoms with Gasteiger partial charge in [-0.05, 0) is 30.2 Å². The summed E-state index contributed by atoms with van der Waals surface area (Å²) in [6, 6.07) is 6.56. The van der Waals surface area contributed by atoms with Gasteiger partial charge in [0.2, 0.25) is 0 Å². The molecule has 0 saturated carbocycles. The Kier molecular flexibility index (Phi) is 8.06. The van der Waals surface area contributed by atoms with Gasteiger partial charge in [-0.3, -0.25) is 14.6 Å². The summed E-state index contributed by atoms with van der Waals surface area (Å²) in [5.41, 5.74) is 9.17. The lowest BCUT2D eigenvalue weighted by atomic mass is 10.0. The first kappa shape index (κ1) is 27.1. The molecule has 11 nitrogen and oxygen atoms in total. The molecule has 1 atom stereocenters. The minimum atomic E-state index is -0.401. The van der Waals surface area contributed by atoms with Crippen molar-refractivity contribution in [3.8, 4) is 11.4 Å². The van der Waals surface area contributed by atoms with E-state index in [-0.39, 0.29) is 30.9 Å². The molecule has 0 aliphatic heterocycles. The van der Waals surface area contributed by atoms with Crippen molar-refractivity contribution in [2.75, 3.05) is 32.2 Å². The highest BCUT2D eigenvalue weighted by atomic mass is 16.2. The Balaban J connectivity index is 0.00000380. The second-order valence-electron chi connectivity index (χ2n) is 8.91. The normalized spacial score (nSPS) is 12.1.